The molecule has 128 valence electrons. The van der Waals surface area contributed by atoms with Crippen LogP contribution in [0.15, 0.2) is 47.4 Å². The van der Waals surface area contributed by atoms with E-state index in [2.05, 4.69) is 10.0 Å². The highest BCUT2D eigenvalue weighted by Crippen LogP contribution is 2.20. The Bertz CT molecular complexity index is 819. The maximum atomic E-state index is 13.2. The summed E-state index contributed by atoms with van der Waals surface area (Å²) < 4.78 is 57.4. The van der Waals surface area contributed by atoms with Gasteiger partial charge in [-0.2, -0.15) is 0 Å². The molecule has 0 fully saturated rings. The van der Waals surface area contributed by atoms with Gasteiger partial charge in [0, 0.05) is 17.4 Å². The minimum atomic E-state index is -4.14. The first-order chi connectivity index (χ1) is 11.3. The first-order valence-corrected chi connectivity index (χ1v) is 8.31. The van der Waals surface area contributed by atoms with E-state index in [1.165, 1.54) is 24.3 Å². The summed E-state index contributed by atoms with van der Waals surface area (Å²) in [6, 6.07) is 7.66. The van der Waals surface area contributed by atoms with Crippen LogP contribution in [0, 0.1) is 11.6 Å². The van der Waals surface area contributed by atoms with E-state index >= 15 is 0 Å². The third kappa shape index (κ3) is 4.66. The van der Waals surface area contributed by atoms with Crippen LogP contribution >= 0.6 is 0 Å². The van der Waals surface area contributed by atoms with Gasteiger partial charge in [-0.1, -0.05) is 0 Å². The van der Waals surface area contributed by atoms with Crippen LogP contribution in [0.2, 0.25) is 0 Å². The van der Waals surface area contributed by atoms with Crippen molar-refractivity contribution in [3.8, 4) is 0 Å². The monoisotopic (exact) mass is 356 g/mol. The Hall–Kier alpha value is -2.68. The van der Waals surface area contributed by atoms with E-state index < -0.39 is 32.6 Å². The summed E-state index contributed by atoms with van der Waals surface area (Å²) in [5.41, 5.74) is 0.558. The lowest BCUT2D eigenvalue weighted by Crippen LogP contribution is -2.14. The summed E-state index contributed by atoms with van der Waals surface area (Å²) in [6.45, 7) is 1.88. The molecule has 6 nitrogen and oxygen atoms in total. The van der Waals surface area contributed by atoms with Crippen molar-refractivity contribution in [3.05, 3.63) is 54.1 Å². The van der Waals surface area contributed by atoms with Gasteiger partial charge in [-0.15, -0.1) is 0 Å². The third-order valence-electron chi connectivity index (χ3n) is 2.81. The van der Waals surface area contributed by atoms with Crippen molar-refractivity contribution in [1.82, 2.24) is 0 Å². The quantitative estimate of drug-likeness (QED) is 0.861. The van der Waals surface area contributed by atoms with Crippen LogP contribution in [-0.4, -0.2) is 21.1 Å². The smallest absolute Gasteiger partial charge is 0.411 e. The van der Waals surface area contributed by atoms with Crippen molar-refractivity contribution in [2.24, 2.45) is 0 Å². The Kier molecular flexibility index (Phi) is 5.35. The van der Waals surface area contributed by atoms with Gasteiger partial charge in [-0.3, -0.25) is 10.0 Å². The average Bonchev–Trinajstić information content (AvgIpc) is 2.48. The number of anilines is 2. The molecule has 0 unspecified atom stereocenters. The van der Waals surface area contributed by atoms with Crippen molar-refractivity contribution in [2.75, 3.05) is 16.6 Å². The SMILES string of the molecule is CCOC(=O)Nc1ccc(NS(=O)(=O)c2cc(F)cc(F)c2)cc1. The van der Waals surface area contributed by atoms with Crippen molar-refractivity contribution < 1.29 is 26.7 Å². The number of hydrogen-bond donors (Lipinski definition) is 2. The molecule has 0 aliphatic heterocycles. The molecule has 0 saturated carbocycles. The van der Waals surface area contributed by atoms with Crippen LogP contribution in [0.4, 0.5) is 25.0 Å². The first-order valence-electron chi connectivity index (χ1n) is 6.83. The lowest BCUT2D eigenvalue weighted by atomic mass is 10.3. The van der Waals surface area contributed by atoms with Crippen LogP contribution < -0.4 is 10.0 Å². The molecule has 2 aromatic rings. The molecule has 1 amide bonds. The Morgan fingerprint density at radius 1 is 1.04 bits per heavy atom. The second-order valence-electron chi connectivity index (χ2n) is 4.63. The molecule has 0 radical (unpaired) electrons. The largest absolute Gasteiger partial charge is 0.450 e. The predicted molar refractivity (Wildman–Crippen MR) is 84.3 cm³/mol. The number of benzene rings is 2. The van der Waals surface area contributed by atoms with E-state index in [0.29, 0.717) is 23.9 Å². The molecule has 9 heteroatoms. The number of carbonyl (C=O) groups excluding carboxylic acids is 1. The van der Waals surface area contributed by atoms with Gasteiger partial charge >= 0.3 is 6.09 Å². The number of amides is 1. The number of ether oxygens (including phenoxy) is 1. The number of carbonyl (C=O) groups is 1. The number of sulfonamides is 1. The number of hydrogen-bond acceptors (Lipinski definition) is 4. The molecular weight excluding hydrogens is 342 g/mol. The normalized spacial score (nSPS) is 11.0. The van der Waals surface area contributed by atoms with Gasteiger partial charge in [0.15, 0.2) is 0 Å². The molecule has 0 saturated heterocycles. The summed E-state index contributed by atoms with van der Waals surface area (Å²) in [6.07, 6.45) is -0.638. The number of nitrogens with one attached hydrogen (secondary N) is 2. The van der Waals surface area contributed by atoms with Gasteiger partial charge in [0.2, 0.25) is 0 Å². The zero-order chi connectivity index (χ0) is 17.7. The van der Waals surface area contributed by atoms with E-state index in [-0.39, 0.29) is 12.3 Å². The molecule has 0 spiro atoms. The van der Waals surface area contributed by atoms with E-state index in [1.54, 1.807) is 6.92 Å². The molecule has 0 atom stereocenters. The lowest BCUT2D eigenvalue weighted by Gasteiger charge is -2.10. The standard InChI is InChI=1S/C15H14F2N2O4S/c1-2-23-15(20)18-12-3-5-13(6-4-12)19-24(21,22)14-8-10(16)7-11(17)9-14/h3-9,19H,2H2,1H3,(H,18,20). The maximum Gasteiger partial charge on any atom is 0.411 e. The van der Waals surface area contributed by atoms with Gasteiger partial charge in [0.25, 0.3) is 10.0 Å². The Balaban J connectivity index is 2.14. The molecule has 0 aromatic heterocycles. The predicted octanol–water partition coefficient (Wildman–Crippen LogP) is 3.33. The summed E-state index contributed by atoms with van der Waals surface area (Å²) >= 11 is 0. The minimum Gasteiger partial charge on any atom is -0.450 e. The Morgan fingerprint density at radius 3 is 2.12 bits per heavy atom. The van der Waals surface area contributed by atoms with Gasteiger partial charge in [-0.25, -0.2) is 22.0 Å². The molecule has 0 heterocycles. The Labute approximate surface area is 137 Å². The van der Waals surface area contributed by atoms with Gasteiger partial charge in [-0.05, 0) is 43.3 Å². The van der Waals surface area contributed by atoms with Crippen molar-refractivity contribution >= 4 is 27.5 Å². The van der Waals surface area contributed by atoms with Crippen LogP contribution in [0.3, 0.4) is 0 Å². The fourth-order valence-corrected chi connectivity index (χ4v) is 2.90. The maximum absolute atomic E-state index is 13.2. The van der Waals surface area contributed by atoms with E-state index in [1.807, 2.05) is 0 Å². The van der Waals surface area contributed by atoms with Crippen molar-refractivity contribution in [3.63, 3.8) is 0 Å². The highest BCUT2D eigenvalue weighted by Gasteiger charge is 2.16. The van der Waals surface area contributed by atoms with Crippen LogP contribution in [0.5, 0.6) is 0 Å². The van der Waals surface area contributed by atoms with Crippen LogP contribution in [0.25, 0.3) is 0 Å². The molecule has 0 aliphatic rings. The molecule has 0 aliphatic carbocycles. The Morgan fingerprint density at radius 2 is 1.58 bits per heavy atom. The van der Waals surface area contributed by atoms with Gasteiger partial charge < -0.3 is 4.74 Å². The minimum absolute atomic E-state index is 0.161. The van der Waals surface area contributed by atoms with E-state index in [4.69, 9.17) is 4.74 Å². The van der Waals surface area contributed by atoms with E-state index in [9.17, 15) is 22.0 Å². The molecule has 2 N–H and O–H groups in total. The van der Waals surface area contributed by atoms with Crippen molar-refractivity contribution in [1.29, 1.82) is 0 Å². The zero-order valence-corrected chi connectivity index (χ0v) is 13.4. The van der Waals surface area contributed by atoms with E-state index in [0.717, 1.165) is 0 Å². The highest BCUT2D eigenvalue weighted by atomic mass is 32.2. The molecule has 2 rings (SSSR count). The summed E-state index contributed by atoms with van der Waals surface area (Å²) in [5.74, 6) is -1.99. The fraction of sp³-hybridized carbons (Fsp3) is 0.133. The number of halogens is 2. The highest BCUT2D eigenvalue weighted by molar-refractivity contribution is 7.92. The summed E-state index contributed by atoms with van der Waals surface area (Å²) in [5, 5.41) is 2.44. The topological polar surface area (TPSA) is 84.5 Å². The lowest BCUT2D eigenvalue weighted by molar-refractivity contribution is 0.168. The first kappa shape index (κ1) is 17.7. The molecule has 24 heavy (non-hydrogen) atoms. The molecular formula is C15H14F2N2O4S. The molecule has 0 bridgehead atoms. The second-order valence-corrected chi connectivity index (χ2v) is 6.32. The van der Waals surface area contributed by atoms with Gasteiger partial charge in [0.05, 0.1) is 11.5 Å². The van der Waals surface area contributed by atoms with Crippen molar-refractivity contribution in [2.45, 2.75) is 11.8 Å². The number of rotatable bonds is 5. The second kappa shape index (κ2) is 7.26. The van der Waals surface area contributed by atoms with Crippen LogP contribution in [0.1, 0.15) is 6.92 Å². The van der Waals surface area contributed by atoms with Gasteiger partial charge in [0.1, 0.15) is 11.6 Å². The summed E-state index contributed by atoms with van der Waals surface area (Å²) in [4.78, 5) is 10.7. The average molecular weight is 356 g/mol. The summed E-state index contributed by atoms with van der Waals surface area (Å²) in [7, 11) is -4.14. The molecule has 2 aromatic carbocycles. The third-order valence-corrected chi connectivity index (χ3v) is 4.17. The fourth-order valence-electron chi connectivity index (χ4n) is 1.80. The zero-order valence-electron chi connectivity index (χ0n) is 12.5. The van der Waals surface area contributed by atoms with Crippen LogP contribution in [-0.2, 0) is 14.8 Å².